The molecule has 1 heterocycles. The molecular weight excluding hydrogens is 263 g/mol. The highest BCUT2D eigenvalue weighted by molar-refractivity contribution is 6.36. The van der Waals surface area contributed by atoms with Crippen molar-refractivity contribution >= 4 is 34.8 Å². The Morgan fingerprint density at radius 2 is 1.43 bits per heavy atom. The average Bonchev–Trinajstić information content (AvgIpc) is 1.95. The van der Waals surface area contributed by atoms with Gasteiger partial charge in [-0.25, -0.2) is 9.97 Å². The molecular formula is C6H2Cl3F3N2. The smallest absolute Gasteiger partial charge is 0.206 e. The van der Waals surface area contributed by atoms with Gasteiger partial charge in [-0.1, -0.05) is 23.2 Å². The maximum absolute atomic E-state index is 12.0. The van der Waals surface area contributed by atoms with Crippen molar-refractivity contribution in [1.82, 2.24) is 9.97 Å². The molecule has 0 fully saturated rings. The lowest BCUT2D eigenvalue weighted by Crippen LogP contribution is -2.13. The van der Waals surface area contributed by atoms with Gasteiger partial charge < -0.3 is 0 Å². The summed E-state index contributed by atoms with van der Waals surface area (Å²) in [5, 5.41) is -1.05. The Bertz CT molecular complexity index is 330. The first kappa shape index (κ1) is 11.8. The van der Waals surface area contributed by atoms with E-state index in [0.29, 0.717) is 0 Å². The third-order valence-corrected chi connectivity index (χ3v) is 2.05. The summed E-state index contributed by atoms with van der Waals surface area (Å²) >= 11 is 16.2. The fraction of sp³-hybridized carbons (Fsp3) is 0.333. The molecule has 1 aromatic rings. The third-order valence-electron chi connectivity index (χ3n) is 1.26. The van der Waals surface area contributed by atoms with Crippen LogP contribution in [0.15, 0.2) is 0 Å². The van der Waals surface area contributed by atoms with E-state index >= 15 is 0 Å². The summed E-state index contributed by atoms with van der Waals surface area (Å²) in [4.78, 5) is 6.71. The number of aromatic nitrogens is 2. The average molecular weight is 265 g/mol. The number of hydrogen-bond donors (Lipinski definition) is 0. The van der Waals surface area contributed by atoms with Crippen LogP contribution in [-0.4, -0.2) is 16.1 Å². The molecule has 0 bridgehead atoms. The normalized spacial score (nSPS) is 11.9. The molecule has 1 rings (SSSR count). The minimum Gasteiger partial charge on any atom is -0.206 e. The number of rotatable bonds is 1. The molecule has 0 saturated carbocycles. The molecule has 0 amide bonds. The Morgan fingerprint density at radius 1 is 1.00 bits per heavy atom. The van der Waals surface area contributed by atoms with E-state index in [4.69, 9.17) is 34.8 Å². The first-order valence-corrected chi connectivity index (χ1v) is 4.37. The minimum absolute atomic E-state index is 0.286. The molecule has 0 N–H and O–H groups in total. The van der Waals surface area contributed by atoms with Gasteiger partial charge in [-0.3, -0.25) is 0 Å². The van der Waals surface area contributed by atoms with Crippen LogP contribution in [0.1, 0.15) is 5.56 Å². The molecule has 2 nitrogen and oxygen atoms in total. The minimum atomic E-state index is -4.41. The first-order valence-electron chi connectivity index (χ1n) is 3.24. The van der Waals surface area contributed by atoms with Crippen molar-refractivity contribution in [2.75, 3.05) is 0 Å². The highest BCUT2D eigenvalue weighted by atomic mass is 35.5. The summed E-state index contributed by atoms with van der Waals surface area (Å²) in [5.41, 5.74) is -0.370. The van der Waals surface area contributed by atoms with Crippen molar-refractivity contribution in [3.63, 3.8) is 0 Å². The Kier molecular flexibility index (Phi) is 3.44. The Balaban J connectivity index is 3.09. The lowest BCUT2D eigenvalue weighted by atomic mass is 10.2. The number of hydrogen-bond acceptors (Lipinski definition) is 2. The molecule has 0 saturated heterocycles. The molecule has 0 radical (unpaired) electrons. The van der Waals surface area contributed by atoms with Crippen LogP contribution in [-0.2, 0) is 6.42 Å². The van der Waals surface area contributed by atoms with E-state index in [9.17, 15) is 13.2 Å². The maximum Gasteiger partial charge on any atom is 0.393 e. The lowest BCUT2D eigenvalue weighted by Gasteiger charge is -2.08. The van der Waals surface area contributed by atoms with Crippen molar-refractivity contribution in [2.45, 2.75) is 12.6 Å². The number of nitrogens with zero attached hydrogens (tertiary/aromatic N) is 2. The second kappa shape index (κ2) is 4.08. The molecule has 8 heteroatoms. The van der Waals surface area contributed by atoms with Crippen LogP contribution in [0.4, 0.5) is 13.2 Å². The quantitative estimate of drug-likeness (QED) is 0.573. The second-order valence-corrected chi connectivity index (χ2v) is 3.40. The fourth-order valence-electron chi connectivity index (χ4n) is 0.753. The van der Waals surface area contributed by atoms with E-state index in [1.807, 2.05) is 0 Å². The maximum atomic E-state index is 12.0. The summed E-state index contributed by atoms with van der Waals surface area (Å²) in [7, 11) is 0. The van der Waals surface area contributed by atoms with E-state index in [1.54, 1.807) is 0 Å². The topological polar surface area (TPSA) is 25.8 Å². The van der Waals surface area contributed by atoms with Gasteiger partial charge in [0.15, 0.2) is 0 Å². The molecule has 14 heavy (non-hydrogen) atoms. The molecule has 0 aliphatic carbocycles. The van der Waals surface area contributed by atoms with Gasteiger partial charge in [-0.15, -0.1) is 0 Å². The van der Waals surface area contributed by atoms with E-state index in [0.717, 1.165) is 0 Å². The Labute approximate surface area is 92.0 Å². The summed E-state index contributed by atoms with van der Waals surface area (Å²) in [5.74, 6) is 0. The van der Waals surface area contributed by atoms with Crippen molar-refractivity contribution in [2.24, 2.45) is 0 Å². The van der Waals surface area contributed by atoms with Crippen LogP contribution in [0.5, 0.6) is 0 Å². The Hall–Kier alpha value is -0.260. The molecule has 0 aliphatic heterocycles. The van der Waals surface area contributed by atoms with Gasteiger partial charge >= 0.3 is 6.18 Å². The molecule has 0 spiro atoms. The van der Waals surface area contributed by atoms with Crippen LogP contribution in [0.25, 0.3) is 0 Å². The van der Waals surface area contributed by atoms with E-state index in [-0.39, 0.29) is 21.2 Å². The van der Waals surface area contributed by atoms with Crippen LogP contribution >= 0.6 is 34.8 Å². The van der Waals surface area contributed by atoms with Crippen molar-refractivity contribution in [3.8, 4) is 0 Å². The van der Waals surface area contributed by atoms with E-state index in [1.165, 1.54) is 0 Å². The van der Waals surface area contributed by atoms with E-state index in [2.05, 4.69) is 9.97 Å². The predicted molar refractivity (Wildman–Crippen MR) is 46.8 cm³/mol. The van der Waals surface area contributed by atoms with E-state index < -0.39 is 12.6 Å². The molecule has 0 atom stereocenters. The first-order chi connectivity index (χ1) is 6.29. The summed E-state index contributed by atoms with van der Waals surface area (Å²) < 4.78 is 36.0. The molecule has 0 unspecified atom stereocenters. The van der Waals surface area contributed by atoms with Gasteiger partial charge in [0.2, 0.25) is 5.28 Å². The van der Waals surface area contributed by atoms with Crippen LogP contribution in [0.2, 0.25) is 15.6 Å². The van der Waals surface area contributed by atoms with Crippen LogP contribution < -0.4 is 0 Å². The van der Waals surface area contributed by atoms with Crippen molar-refractivity contribution < 1.29 is 13.2 Å². The van der Waals surface area contributed by atoms with Crippen molar-refractivity contribution in [3.05, 3.63) is 21.2 Å². The van der Waals surface area contributed by atoms with Crippen LogP contribution in [0.3, 0.4) is 0 Å². The third kappa shape index (κ3) is 3.15. The van der Waals surface area contributed by atoms with Crippen LogP contribution in [0, 0.1) is 0 Å². The monoisotopic (exact) mass is 264 g/mol. The lowest BCUT2D eigenvalue weighted by molar-refractivity contribution is -0.127. The molecule has 78 valence electrons. The molecule has 0 aromatic carbocycles. The zero-order chi connectivity index (χ0) is 10.9. The fourth-order valence-corrected chi connectivity index (χ4v) is 1.53. The highest BCUT2D eigenvalue weighted by Gasteiger charge is 2.31. The van der Waals surface area contributed by atoms with Crippen molar-refractivity contribution in [1.29, 1.82) is 0 Å². The zero-order valence-electron chi connectivity index (χ0n) is 6.37. The Morgan fingerprint density at radius 3 is 1.79 bits per heavy atom. The predicted octanol–water partition coefficient (Wildman–Crippen LogP) is 3.54. The summed E-state index contributed by atoms with van der Waals surface area (Å²) in [6.45, 7) is 0. The SMILES string of the molecule is FC(F)(F)Cc1c(Cl)nc(Cl)nc1Cl. The second-order valence-electron chi connectivity index (χ2n) is 2.34. The van der Waals surface area contributed by atoms with Gasteiger partial charge in [-0.05, 0) is 11.6 Å². The number of alkyl halides is 3. The summed E-state index contributed by atoms with van der Waals surface area (Å²) in [6.07, 6.45) is -5.69. The van der Waals surface area contributed by atoms with Gasteiger partial charge in [0.1, 0.15) is 10.3 Å². The molecule has 1 aromatic heterocycles. The zero-order valence-corrected chi connectivity index (χ0v) is 8.64. The molecule has 0 aliphatic rings. The largest absolute Gasteiger partial charge is 0.393 e. The standard InChI is InChI=1S/C6H2Cl3F3N2/c7-3-2(1-6(10,11)12)4(8)14-5(9)13-3/h1H2. The number of halogens is 6. The summed E-state index contributed by atoms with van der Waals surface area (Å²) in [6, 6.07) is 0. The van der Waals surface area contributed by atoms with Gasteiger partial charge in [0.25, 0.3) is 0 Å². The van der Waals surface area contributed by atoms with Gasteiger partial charge in [0, 0.05) is 5.56 Å². The highest BCUT2D eigenvalue weighted by Crippen LogP contribution is 2.29. The van der Waals surface area contributed by atoms with Gasteiger partial charge in [0.05, 0.1) is 6.42 Å². The van der Waals surface area contributed by atoms with Gasteiger partial charge in [-0.2, -0.15) is 13.2 Å².